The molecule has 0 amide bonds. The fraction of sp³-hybridized carbons (Fsp3) is 0.129. The summed E-state index contributed by atoms with van der Waals surface area (Å²) in [6, 6.07) is 30.9. The fourth-order valence-electron chi connectivity index (χ4n) is 4.54. The molecule has 1 fully saturated rings. The molecule has 1 aliphatic rings. The lowest BCUT2D eigenvalue weighted by Gasteiger charge is -2.11. The van der Waals surface area contributed by atoms with Crippen LogP contribution in [0.25, 0.3) is 22.5 Å². The monoisotopic (exact) mass is 503 g/mol. The molecule has 0 radical (unpaired) electrons. The van der Waals surface area contributed by atoms with Crippen molar-refractivity contribution in [3.8, 4) is 34.1 Å². The number of carboxylic acids is 1. The van der Waals surface area contributed by atoms with Gasteiger partial charge in [0, 0.05) is 11.6 Å². The molecule has 3 aromatic carbocycles. The van der Waals surface area contributed by atoms with Crippen molar-refractivity contribution in [1.82, 2.24) is 10.1 Å². The summed E-state index contributed by atoms with van der Waals surface area (Å²) >= 11 is 0. The second kappa shape index (κ2) is 9.52. The number of ether oxygens (including phenoxy) is 1. The van der Waals surface area contributed by atoms with Gasteiger partial charge in [-0.3, -0.25) is 4.79 Å². The van der Waals surface area contributed by atoms with Crippen LogP contribution in [0.4, 0.5) is 11.5 Å². The van der Waals surface area contributed by atoms with Crippen LogP contribution in [-0.2, 0) is 10.2 Å². The molecule has 2 heterocycles. The van der Waals surface area contributed by atoms with Crippen LogP contribution in [0.1, 0.15) is 24.1 Å². The molecular weight excluding hydrogens is 478 g/mol. The minimum atomic E-state index is -0.744. The van der Waals surface area contributed by atoms with Crippen molar-refractivity contribution < 1.29 is 19.2 Å². The van der Waals surface area contributed by atoms with Crippen LogP contribution in [0.3, 0.4) is 0 Å². The lowest BCUT2D eigenvalue weighted by atomic mass is 9.93. The predicted molar refractivity (Wildman–Crippen MR) is 145 cm³/mol. The van der Waals surface area contributed by atoms with E-state index in [2.05, 4.69) is 15.5 Å². The number of benzene rings is 3. The normalized spacial score (nSPS) is 13.6. The lowest BCUT2D eigenvalue weighted by Crippen LogP contribution is -2.19. The maximum atomic E-state index is 11.6. The highest BCUT2D eigenvalue weighted by atomic mass is 16.5. The van der Waals surface area contributed by atoms with Gasteiger partial charge >= 0.3 is 5.97 Å². The number of para-hydroxylation sites is 1. The van der Waals surface area contributed by atoms with Gasteiger partial charge in [0.1, 0.15) is 22.9 Å². The average molecular weight is 504 g/mol. The number of hydrogen-bond acceptors (Lipinski definition) is 6. The number of anilines is 2. The number of hydrogen-bond donors (Lipinski definition) is 2. The second-order valence-corrected chi connectivity index (χ2v) is 9.42. The Labute approximate surface area is 219 Å². The quantitative estimate of drug-likeness (QED) is 0.228. The highest BCUT2D eigenvalue weighted by molar-refractivity contribution is 5.85. The zero-order chi connectivity index (χ0) is 26.1. The molecule has 1 saturated carbocycles. The van der Waals surface area contributed by atoms with E-state index >= 15 is 0 Å². The van der Waals surface area contributed by atoms with Crippen molar-refractivity contribution in [2.45, 2.75) is 25.2 Å². The van der Waals surface area contributed by atoms with E-state index in [-0.39, 0.29) is 0 Å². The number of carbonyl (C=O) groups is 1. The maximum Gasteiger partial charge on any atom is 0.314 e. The third-order valence-corrected chi connectivity index (χ3v) is 6.88. The standard InChI is InChI=1S/C31H25N3O4/c1-20-28(33-26-8-5-9-27(32-26)37-25-6-3-2-4-7-25)29(38-34-20)23-12-10-21(11-13-23)22-14-16-24(17-15-22)31(18-19-31)30(35)36/h2-17H,18-19H2,1H3,(H,32,33)(H,35,36). The molecular formula is C31H25N3O4. The first-order chi connectivity index (χ1) is 18.5. The summed E-state index contributed by atoms with van der Waals surface area (Å²) in [6.07, 6.45) is 1.40. The molecule has 2 aromatic heterocycles. The zero-order valence-corrected chi connectivity index (χ0v) is 20.7. The molecule has 6 rings (SSSR count). The van der Waals surface area contributed by atoms with E-state index in [1.165, 1.54) is 0 Å². The van der Waals surface area contributed by atoms with Gasteiger partial charge in [0.15, 0.2) is 5.76 Å². The van der Waals surface area contributed by atoms with Crippen LogP contribution in [0.15, 0.2) is 102 Å². The van der Waals surface area contributed by atoms with Crippen LogP contribution in [0, 0.1) is 6.92 Å². The minimum absolute atomic E-state index is 0.475. The van der Waals surface area contributed by atoms with Crippen LogP contribution in [0.2, 0.25) is 0 Å². The Kier molecular flexibility index (Phi) is 5.88. The molecule has 0 unspecified atom stereocenters. The number of carboxylic acid groups (broad SMARTS) is 1. The Hall–Kier alpha value is -4.91. The van der Waals surface area contributed by atoms with Gasteiger partial charge in [-0.15, -0.1) is 0 Å². The molecule has 188 valence electrons. The molecule has 1 aliphatic carbocycles. The SMILES string of the molecule is Cc1noc(-c2ccc(-c3ccc(C4(C(=O)O)CC4)cc3)cc2)c1Nc1cccc(Oc2ccccc2)n1. The zero-order valence-electron chi connectivity index (χ0n) is 20.7. The molecule has 0 spiro atoms. The van der Waals surface area contributed by atoms with Gasteiger partial charge in [0.2, 0.25) is 5.88 Å². The summed E-state index contributed by atoms with van der Waals surface area (Å²) < 4.78 is 11.5. The van der Waals surface area contributed by atoms with Crippen molar-refractivity contribution in [3.63, 3.8) is 0 Å². The Morgan fingerprint density at radius 2 is 1.53 bits per heavy atom. The van der Waals surface area contributed by atoms with Crippen molar-refractivity contribution in [1.29, 1.82) is 0 Å². The Morgan fingerprint density at radius 1 is 0.868 bits per heavy atom. The van der Waals surface area contributed by atoms with E-state index in [1.54, 1.807) is 6.07 Å². The largest absolute Gasteiger partial charge is 0.481 e. The van der Waals surface area contributed by atoms with E-state index in [0.717, 1.165) is 27.9 Å². The minimum Gasteiger partial charge on any atom is -0.481 e. The summed E-state index contributed by atoms with van der Waals surface area (Å²) in [5.74, 6) is 1.66. The summed E-state index contributed by atoms with van der Waals surface area (Å²) in [7, 11) is 0. The van der Waals surface area contributed by atoms with E-state index in [0.29, 0.717) is 41.7 Å². The number of aromatic nitrogens is 2. The third kappa shape index (κ3) is 4.50. The van der Waals surface area contributed by atoms with Gasteiger partial charge in [0.05, 0.1) is 5.41 Å². The van der Waals surface area contributed by atoms with Crippen LogP contribution in [-0.4, -0.2) is 21.2 Å². The highest BCUT2D eigenvalue weighted by Crippen LogP contribution is 2.48. The Morgan fingerprint density at radius 3 is 2.18 bits per heavy atom. The number of rotatable bonds is 8. The maximum absolute atomic E-state index is 11.6. The summed E-state index contributed by atoms with van der Waals surface area (Å²) in [5.41, 5.74) is 4.53. The highest BCUT2D eigenvalue weighted by Gasteiger charge is 2.51. The first kappa shape index (κ1) is 23.5. The van der Waals surface area contributed by atoms with Gasteiger partial charge in [-0.1, -0.05) is 78.0 Å². The number of nitrogens with zero attached hydrogens (tertiary/aromatic N) is 2. The molecule has 7 heteroatoms. The van der Waals surface area contributed by atoms with Crippen molar-refractivity contribution in [2.75, 3.05) is 5.32 Å². The fourth-order valence-corrected chi connectivity index (χ4v) is 4.54. The molecule has 0 bridgehead atoms. The average Bonchev–Trinajstić information content (AvgIpc) is 3.69. The molecule has 2 N–H and O–H groups in total. The van der Waals surface area contributed by atoms with Crippen molar-refractivity contribution in [3.05, 3.63) is 108 Å². The van der Waals surface area contributed by atoms with Gasteiger partial charge in [-0.2, -0.15) is 4.98 Å². The smallest absolute Gasteiger partial charge is 0.314 e. The number of nitrogens with one attached hydrogen (secondary N) is 1. The Bertz CT molecular complexity index is 1590. The number of aryl methyl sites for hydroxylation is 1. The molecule has 38 heavy (non-hydrogen) atoms. The van der Waals surface area contributed by atoms with Gasteiger partial charge in [-0.05, 0) is 54.7 Å². The molecule has 0 saturated heterocycles. The van der Waals surface area contributed by atoms with Crippen molar-refractivity contribution >= 4 is 17.5 Å². The number of pyridine rings is 1. The van der Waals surface area contributed by atoms with Crippen LogP contribution >= 0.6 is 0 Å². The lowest BCUT2D eigenvalue weighted by molar-refractivity contribution is -0.140. The van der Waals surface area contributed by atoms with E-state index in [9.17, 15) is 9.90 Å². The summed E-state index contributed by atoms with van der Waals surface area (Å²) in [5, 5.41) is 17.0. The predicted octanol–water partition coefficient (Wildman–Crippen LogP) is 7.36. The number of aliphatic carboxylic acids is 1. The Balaban J connectivity index is 1.21. The van der Waals surface area contributed by atoms with Gasteiger partial charge < -0.3 is 19.7 Å². The molecule has 5 aromatic rings. The van der Waals surface area contributed by atoms with E-state index < -0.39 is 11.4 Å². The first-order valence-corrected chi connectivity index (χ1v) is 12.4. The van der Waals surface area contributed by atoms with Crippen molar-refractivity contribution in [2.24, 2.45) is 0 Å². The molecule has 0 aliphatic heterocycles. The van der Waals surface area contributed by atoms with E-state index in [1.807, 2.05) is 97.9 Å². The second-order valence-electron chi connectivity index (χ2n) is 9.42. The first-order valence-electron chi connectivity index (χ1n) is 12.4. The third-order valence-electron chi connectivity index (χ3n) is 6.88. The van der Waals surface area contributed by atoms with E-state index in [4.69, 9.17) is 9.26 Å². The topological polar surface area (TPSA) is 97.5 Å². The van der Waals surface area contributed by atoms with Crippen LogP contribution in [0.5, 0.6) is 11.6 Å². The van der Waals surface area contributed by atoms with Gasteiger partial charge in [-0.25, -0.2) is 0 Å². The summed E-state index contributed by atoms with van der Waals surface area (Å²) in [4.78, 5) is 16.2. The molecule has 7 nitrogen and oxygen atoms in total. The van der Waals surface area contributed by atoms with Crippen LogP contribution < -0.4 is 10.1 Å². The summed E-state index contributed by atoms with van der Waals surface area (Å²) in [6.45, 7) is 1.87. The van der Waals surface area contributed by atoms with Gasteiger partial charge in [0.25, 0.3) is 0 Å². The molecule has 0 atom stereocenters.